The fourth-order valence-electron chi connectivity index (χ4n) is 1.97. The van der Waals surface area contributed by atoms with Crippen molar-refractivity contribution >= 4 is 44.8 Å². The lowest BCUT2D eigenvalue weighted by atomic mass is 10.3. The van der Waals surface area contributed by atoms with E-state index in [0.29, 0.717) is 17.3 Å². The van der Waals surface area contributed by atoms with Gasteiger partial charge in [0.1, 0.15) is 12.1 Å². The highest BCUT2D eigenvalue weighted by molar-refractivity contribution is 9.10. The van der Waals surface area contributed by atoms with Crippen LogP contribution >= 0.6 is 15.9 Å². The standard InChI is InChI=1S/C14H11BrN6O3/c1-8-6-11(20-24-8)19-14-12(21(22)23)13(16-7-17-14)18-10-5-3-2-4-9(10)15/h2-7H,1H3,(H2,16,17,18,19,20). The number of halogens is 1. The molecular weight excluding hydrogens is 380 g/mol. The lowest BCUT2D eigenvalue weighted by Crippen LogP contribution is -2.05. The number of anilines is 4. The number of para-hydroxylation sites is 1. The molecule has 24 heavy (non-hydrogen) atoms. The zero-order valence-electron chi connectivity index (χ0n) is 12.4. The molecule has 3 rings (SSSR count). The molecular formula is C14H11BrN6O3. The van der Waals surface area contributed by atoms with Gasteiger partial charge in [0.25, 0.3) is 0 Å². The second kappa shape index (κ2) is 6.62. The highest BCUT2D eigenvalue weighted by Crippen LogP contribution is 2.34. The van der Waals surface area contributed by atoms with Gasteiger partial charge < -0.3 is 15.2 Å². The van der Waals surface area contributed by atoms with Gasteiger partial charge in [-0.25, -0.2) is 9.97 Å². The van der Waals surface area contributed by atoms with Gasteiger partial charge in [0, 0.05) is 10.5 Å². The minimum Gasteiger partial charge on any atom is -0.360 e. The van der Waals surface area contributed by atoms with E-state index in [1.165, 1.54) is 6.33 Å². The number of nitrogens with zero attached hydrogens (tertiary/aromatic N) is 4. The largest absolute Gasteiger partial charge is 0.360 e. The lowest BCUT2D eigenvalue weighted by Gasteiger charge is -2.09. The van der Waals surface area contributed by atoms with Crippen LogP contribution in [-0.2, 0) is 0 Å². The first-order valence-corrected chi connectivity index (χ1v) is 7.55. The molecule has 2 aromatic heterocycles. The van der Waals surface area contributed by atoms with Crippen molar-refractivity contribution in [1.82, 2.24) is 15.1 Å². The number of benzene rings is 1. The second-order valence-corrected chi connectivity index (χ2v) is 5.58. The quantitative estimate of drug-likeness (QED) is 0.496. The molecule has 9 nitrogen and oxygen atoms in total. The van der Waals surface area contributed by atoms with Gasteiger partial charge in [0.05, 0.1) is 10.6 Å². The Kier molecular flexibility index (Phi) is 4.38. The molecule has 0 amide bonds. The second-order valence-electron chi connectivity index (χ2n) is 4.73. The maximum atomic E-state index is 11.5. The molecule has 3 aromatic rings. The molecule has 1 aromatic carbocycles. The maximum absolute atomic E-state index is 11.5. The van der Waals surface area contributed by atoms with Crippen LogP contribution in [0.15, 0.2) is 45.7 Å². The highest BCUT2D eigenvalue weighted by atomic mass is 79.9. The summed E-state index contributed by atoms with van der Waals surface area (Å²) in [5.41, 5.74) is 0.344. The van der Waals surface area contributed by atoms with Crippen molar-refractivity contribution in [3.05, 3.63) is 57.0 Å². The van der Waals surface area contributed by atoms with E-state index in [-0.39, 0.29) is 17.3 Å². The van der Waals surface area contributed by atoms with Gasteiger partial charge in [-0.05, 0) is 35.0 Å². The summed E-state index contributed by atoms with van der Waals surface area (Å²) in [4.78, 5) is 18.8. The Morgan fingerprint density at radius 2 is 1.92 bits per heavy atom. The molecule has 2 N–H and O–H groups in total. The minimum atomic E-state index is -0.561. The van der Waals surface area contributed by atoms with Crippen molar-refractivity contribution in [1.29, 1.82) is 0 Å². The van der Waals surface area contributed by atoms with E-state index in [2.05, 4.69) is 41.7 Å². The first-order valence-electron chi connectivity index (χ1n) is 6.76. The molecule has 0 bridgehead atoms. The van der Waals surface area contributed by atoms with Crippen molar-refractivity contribution in [2.75, 3.05) is 10.6 Å². The smallest absolute Gasteiger partial charge is 0.353 e. The SMILES string of the molecule is Cc1cc(Nc2ncnc(Nc3ccccc3Br)c2[N+](=O)[O-])no1. The van der Waals surface area contributed by atoms with Crippen molar-refractivity contribution < 1.29 is 9.45 Å². The molecule has 0 saturated heterocycles. The number of hydrogen-bond acceptors (Lipinski definition) is 8. The van der Waals surface area contributed by atoms with Crippen LogP contribution in [0.2, 0.25) is 0 Å². The van der Waals surface area contributed by atoms with Gasteiger partial charge in [-0.1, -0.05) is 17.3 Å². The van der Waals surface area contributed by atoms with Gasteiger partial charge in [0.2, 0.25) is 11.6 Å². The number of nitrogens with one attached hydrogen (secondary N) is 2. The number of hydrogen-bond donors (Lipinski definition) is 2. The van der Waals surface area contributed by atoms with Crippen molar-refractivity contribution in [2.24, 2.45) is 0 Å². The number of aryl methyl sites for hydroxylation is 1. The summed E-state index contributed by atoms with van der Waals surface area (Å²) in [5.74, 6) is 0.962. The monoisotopic (exact) mass is 390 g/mol. The van der Waals surface area contributed by atoms with E-state index < -0.39 is 4.92 Å². The Balaban J connectivity index is 1.99. The van der Waals surface area contributed by atoms with Gasteiger partial charge in [-0.2, -0.15) is 0 Å². The zero-order valence-corrected chi connectivity index (χ0v) is 13.9. The molecule has 0 spiro atoms. The average Bonchev–Trinajstić information content (AvgIpc) is 2.94. The van der Waals surface area contributed by atoms with Crippen molar-refractivity contribution in [3.63, 3.8) is 0 Å². The molecule has 2 heterocycles. The first kappa shape index (κ1) is 15.9. The molecule has 0 unspecified atom stereocenters. The number of aromatic nitrogens is 3. The van der Waals surface area contributed by atoms with E-state index >= 15 is 0 Å². The van der Waals surface area contributed by atoms with Crippen LogP contribution in [0.25, 0.3) is 0 Å². The Hall–Kier alpha value is -3.01. The molecule has 0 saturated carbocycles. The Labute approximate surface area is 144 Å². The molecule has 122 valence electrons. The third kappa shape index (κ3) is 3.33. The minimum absolute atomic E-state index is 0.0119. The predicted molar refractivity (Wildman–Crippen MR) is 90.6 cm³/mol. The summed E-state index contributed by atoms with van der Waals surface area (Å²) in [6.45, 7) is 1.71. The molecule has 0 fully saturated rings. The maximum Gasteiger partial charge on any atom is 0.353 e. The van der Waals surface area contributed by atoms with Crippen LogP contribution < -0.4 is 10.6 Å². The molecule has 0 aliphatic heterocycles. The first-order chi connectivity index (χ1) is 11.5. The lowest BCUT2D eigenvalue weighted by molar-refractivity contribution is -0.383. The normalized spacial score (nSPS) is 10.4. The van der Waals surface area contributed by atoms with E-state index in [4.69, 9.17) is 4.52 Å². The Bertz CT molecular complexity index is 898. The third-order valence-electron chi connectivity index (χ3n) is 3.01. The van der Waals surface area contributed by atoms with Crippen LogP contribution in [0.5, 0.6) is 0 Å². The van der Waals surface area contributed by atoms with Crippen molar-refractivity contribution in [2.45, 2.75) is 6.92 Å². The number of rotatable bonds is 5. The zero-order chi connectivity index (χ0) is 17.1. The summed E-state index contributed by atoms with van der Waals surface area (Å²) >= 11 is 3.38. The van der Waals surface area contributed by atoms with E-state index in [1.807, 2.05) is 12.1 Å². The van der Waals surface area contributed by atoms with Crippen LogP contribution in [0.1, 0.15) is 5.76 Å². The topological polar surface area (TPSA) is 119 Å². The average molecular weight is 391 g/mol. The summed E-state index contributed by atoms with van der Waals surface area (Å²) in [6.07, 6.45) is 1.22. The summed E-state index contributed by atoms with van der Waals surface area (Å²) < 4.78 is 5.68. The van der Waals surface area contributed by atoms with E-state index in [9.17, 15) is 10.1 Å². The molecule has 0 aliphatic carbocycles. The third-order valence-corrected chi connectivity index (χ3v) is 3.70. The Morgan fingerprint density at radius 3 is 2.54 bits per heavy atom. The predicted octanol–water partition coefficient (Wildman–Crippen LogP) is 3.93. The van der Waals surface area contributed by atoms with Gasteiger partial charge in [-0.3, -0.25) is 10.1 Å². The summed E-state index contributed by atoms with van der Waals surface area (Å²) in [7, 11) is 0. The molecule has 0 atom stereocenters. The summed E-state index contributed by atoms with van der Waals surface area (Å²) in [6, 6.07) is 8.82. The van der Waals surface area contributed by atoms with Crippen LogP contribution in [0, 0.1) is 17.0 Å². The van der Waals surface area contributed by atoms with Gasteiger partial charge in [0.15, 0.2) is 5.82 Å². The highest BCUT2D eigenvalue weighted by Gasteiger charge is 2.24. The van der Waals surface area contributed by atoms with Gasteiger partial charge in [-0.15, -0.1) is 0 Å². The molecule has 0 radical (unpaired) electrons. The van der Waals surface area contributed by atoms with Crippen LogP contribution in [0.3, 0.4) is 0 Å². The fraction of sp³-hybridized carbons (Fsp3) is 0.0714. The van der Waals surface area contributed by atoms with Crippen molar-refractivity contribution in [3.8, 4) is 0 Å². The van der Waals surface area contributed by atoms with E-state index in [0.717, 1.165) is 4.47 Å². The van der Waals surface area contributed by atoms with Crippen LogP contribution in [-0.4, -0.2) is 20.0 Å². The molecule has 10 heteroatoms. The summed E-state index contributed by atoms with van der Waals surface area (Å²) in [5, 5.41) is 20.9. The van der Waals surface area contributed by atoms with Crippen LogP contribution in [0.4, 0.5) is 28.8 Å². The fourth-order valence-corrected chi connectivity index (χ4v) is 2.36. The number of nitro groups is 1. The Morgan fingerprint density at radius 1 is 1.21 bits per heavy atom. The molecule has 0 aliphatic rings. The van der Waals surface area contributed by atoms with Gasteiger partial charge >= 0.3 is 5.69 Å². The van der Waals surface area contributed by atoms with E-state index in [1.54, 1.807) is 25.1 Å².